The minimum Gasteiger partial charge on any atom is -0.368 e. The Kier molecular flexibility index (Phi) is 6.19. The molecule has 0 aliphatic rings. The lowest BCUT2D eigenvalue weighted by molar-refractivity contribution is -0.143. The molecule has 2 rings (SSSR count). The van der Waals surface area contributed by atoms with Gasteiger partial charge in [0.15, 0.2) is 0 Å². The van der Waals surface area contributed by atoms with Gasteiger partial charge in [-0.05, 0) is 35.9 Å². The molecular weight excluding hydrogens is 409 g/mol. The fourth-order valence-electron chi connectivity index (χ4n) is 2.41. The molecule has 0 radical (unpaired) electrons. The Labute approximate surface area is 159 Å². The Hall–Kier alpha value is -3.11. The first-order valence-electron chi connectivity index (χ1n) is 7.91. The van der Waals surface area contributed by atoms with Crippen molar-refractivity contribution in [3.63, 3.8) is 0 Å². The molecule has 11 heteroatoms. The van der Waals surface area contributed by atoms with E-state index in [0.717, 1.165) is 12.1 Å². The highest BCUT2D eigenvalue weighted by Gasteiger charge is 2.37. The maximum absolute atomic E-state index is 12.9. The van der Waals surface area contributed by atoms with Crippen LogP contribution in [0.1, 0.15) is 27.0 Å². The summed E-state index contributed by atoms with van der Waals surface area (Å²) in [4.78, 5) is 23.8. The van der Waals surface area contributed by atoms with E-state index in [-0.39, 0.29) is 24.6 Å². The van der Waals surface area contributed by atoms with E-state index in [9.17, 15) is 40.3 Å². The van der Waals surface area contributed by atoms with Crippen molar-refractivity contribution in [2.75, 3.05) is 0 Å². The third-order valence-electron chi connectivity index (χ3n) is 3.85. The molecule has 29 heavy (non-hydrogen) atoms. The summed E-state index contributed by atoms with van der Waals surface area (Å²) in [5.41, 5.74) is 1.21. The zero-order valence-electron chi connectivity index (χ0n) is 14.4. The van der Waals surface area contributed by atoms with Gasteiger partial charge in [0.05, 0.1) is 11.1 Å². The predicted molar refractivity (Wildman–Crippen MR) is 87.0 cm³/mol. The van der Waals surface area contributed by atoms with Gasteiger partial charge in [-0.2, -0.15) is 26.3 Å². The Morgan fingerprint density at radius 2 is 1.38 bits per heavy atom. The van der Waals surface area contributed by atoms with Gasteiger partial charge in [-0.1, -0.05) is 12.1 Å². The Morgan fingerprint density at radius 3 is 1.79 bits per heavy atom. The first-order chi connectivity index (χ1) is 13.3. The second-order valence-electron chi connectivity index (χ2n) is 6.05. The quantitative estimate of drug-likeness (QED) is 0.722. The number of primary amides is 1. The van der Waals surface area contributed by atoms with Crippen LogP contribution in [0.25, 0.3) is 0 Å². The van der Waals surface area contributed by atoms with E-state index in [1.165, 1.54) is 12.1 Å². The number of alkyl halides is 6. The van der Waals surface area contributed by atoms with E-state index in [1.807, 2.05) is 5.32 Å². The number of rotatable bonds is 5. The second-order valence-corrected chi connectivity index (χ2v) is 6.05. The van der Waals surface area contributed by atoms with Gasteiger partial charge in [-0.15, -0.1) is 0 Å². The molecule has 4 nitrogen and oxygen atoms in total. The van der Waals surface area contributed by atoms with Gasteiger partial charge in [-0.3, -0.25) is 9.59 Å². The lowest BCUT2D eigenvalue weighted by Crippen LogP contribution is -2.46. The van der Waals surface area contributed by atoms with E-state index < -0.39 is 52.7 Å². The smallest absolute Gasteiger partial charge is 0.368 e. The summed E-state index contributed by atoms with van der Waals surface area (Å²) < 4.78 is 90.4. The molecule has 0 aliphatic carbocycles. The molecule has 0 bridgehead atoms. The number of carbonyl (C=O) groups is 2. The molecule has 0 spiro atoms. The summed E-state index contributed by atoms with van der Waals surface area (Å²) in [5.74, 6) is -3.00. The van der Waals surface area contributed by atoms with Crippen LogP contribution in [0, 0.1) is 5.82 Å². The lowest BCUT2D eigenvalue weighted by Gasteiger charge is -2.18. The van der Waals surface area contributed by atoms with Crippen molar-refractivity contribution in [3.05, 3.63) is 70.5 Å². The molecule has 0 saturated carbocycles. The van der Waals surface area contributed by atoms with E-state index in [4.69, 9.17) is 5.73 Å². The highest BCUT2D eigenvalue weighted by atomic mass is 19.4. The number of hydrogen-bond donors (Lipinski definition) is 2. The van der Waals surface area contributed by atoms with Crippen molar-refractivity contribution in [2.45, 2.75) is 24.8 Å². The third kappa shape index (κ3) is 5.93. The highest BCUT2D eigenvalue weighted by molar-refractivity contribution is 5.97. The molecule has 0 fully saturated rings. The molecule has 0 heterocycles. The average Bonchev–Trinajstić information content (AvgIpc) is 2.61. The van der Waals surface area contributed by atoms with Crippen LogP contribution in [0.3, 0.4) is 0 Å². The van der Waals surface area contributed by atoms with Gasteiger partial charge in [0.1, 0.15) is 11.9 Å². The summed E-state index contributed by atoms with van der Waals surface area (Å²) in [6.45, 7) is 0. The van der Waals surface area contributed by atoms with Crippen molar-refractivity contribution in [1.82, 2.24) is 5.32 Å². The van der Waals surface area contributed by atoms with Crippen LogP contribution >= 0.6 is 0 Å². The molecule has 3 N–H and O–H groups in total. The van der Waals surface area contributed by atoms with E-state index >= 15 is 0 Å². The molecule has 0 unspecified atom stereocenters. The van der Waals surface area contributed by atoms with Crippen LogP contribution in [0.2, 0.25) is 0 Å². The minimum atomic E-state index is -5.13. The van der Waals surface area contributed by atoms with Gasteiger partial charge < -0.3 is 11.1 Å². The molecule has 0 aliphatic heterocycles. The second kappa shape index (κ2) is 8.10. The Balaban J connectivity index is 2.33. The van der Waals surface area contributed by atoms with Crippen molar-refractivity contribution in [1.29, 1.82) is 0 Å². The van der Waals surface area contributed by atoms with Gasteiger partial charge in [-0.25, -0.2) is 4.39 Å². The number of carbonyl (C=O) groups excluding carboxylic acids is 2. The Morgan fingerprint density at radius 1 is 0.897 bits per heavy atom. The number of hydrogen-bond acceptors (Lipinski definition) is 2. The third-order valence-corrected chi connectivity index (χ3v) is 3.85. The highest BCUT2D eigenvalue weighted by Crippen LogP contribution is 2.36. The van der Waals surface area contributed by atoms with Gasteiger partial charge in [0.2, 0.25) is 5.91 Å². The van der Waals surface area contributed by atoms with Crippen molar-refractivity contribution in [3.8, 4) is 0 Å². The average molecular weight is 422 g/mol. The zero-order chi connectivity index (χ0) is 22.0. The summed E-state index contributed by atoms with van der Waals surface area (Å²) >= 11 is 0. The topological polar surface area (TPSA) is 72.2 Å². The number of halogens is 7. The number of amides is 2. The normalized spacial score (nSPS) is 13.1. The monoisotopic (exact) mass is 422 g/mol. The van der Waals surface area contributed by atoms with E-state index in [0.29, 0.717) is 5.56 Å². The molecule has 2 amide bonds. The summed E-state index contributed by atoms with van der Waals surface area (Å²) in [6, 6.07) is 3.60. The number of nitrogens with two attached hydrogens (primary N) is 1. The maximum atomic E-state index is 12.9. The number of benzene rings is 2. The van der Waals surface area contributed by atoms with Crippen LogP contribution in [-0.4, -0.2) is 17.9 Å². The SMILES string of the molecule is NC(=O)[C@H](Cc1ccc(F)cc1)NC(=O)c1cc(C(F)(F)F)cc(C(F)(F)F)c1. The molecule has 0 aromatic heterocycles. The minimum absolute atomic E-state index is 0.124. The standard InChI is InChI=1S/C18H13F7N2O2/c19-13-3-1-9(2-4-13)5-14(15(26)28)27-16(29)10-6-11(17(20,21)22)8-12(7-10)18(23,24)25/h1-4,6-8,14H,5H2,(H2,26,28)(H,27,29)/t14-/m0/s1. The van der Waals surface area contributed by atoms with Crippen LogP contribution in [0.4, 0.5) is 30.7 Å². The van der Waals surface area contributed by atoms with Crippen molar-refractivity contribution >= 4 is 11.8 Å². The lowest BCUT2D eigenvalue weighted by atomic mass is 10.0. The molecule has 2 aromatic carbocycles. The largest absolute Gasteiger partial charge is 0.416 e. The van der Waals surface area contributed by atoms with Crippen LogP contribution in [0.15, 0.2) is 42.5 Å². The molecule has 156 valence electrons. The zero-order valence-corrected chi connectivity index (χ0v) is 14.4. The predicted octanol–water partition coefficient (Wildman–Crippen LogP) is 3.69. The fraction of sp³-hybridized carbons (Fsp3) is 0.222. The summed E-state index contributed by atoms with van der Waals surface area (Å²) in [7, 11) is 0. The first kappa shape index (κ1) is 22.2. The van der Waals surface area contributed by atoms with Crippen molar-refractivity contribution in [2.24, 2.45) is 5.73 Å². The first-order valence-corrected chi connectivity index (χ1v) is 7.91. The Bertz CT molecular complexity index is 874. The maximum Gasteiger partial charge on any atom is 0.416 e. The fourth-order valence-corrected chi connectivity index (χ4v) is 2.41. The molecule has 0 saturated heterocycles. The van der Waals surface area contributed by atoms with Gasteiger partial charge in [0.25, 0.3) is 5.91 Å². The molecule has 2 aromatic rings. The van der Waals surface area contributed by atoms with Crippen molar-refractivity contribution < 1.29 is 40.3 Å². The van der Waals surface area contributed by atoms with E-state index in [1.54, 1.807) is 0 Å². The van der Waals surface area contributed by atoms with Gasteiger partial charge >= 0.3 is 12.4 Å². The van der Waals surface area contributed by atoms with Gasteiger partial charge in [0, 0.05) is 12.0 Å². The number of nitrogens with one attached hydrogen (secondary N) is 1. The molecule has 1 atom stereocenters. The summed E-state index contributed by atoms with van der Waals surface area (Å²) in [6.07, 6.45) is -10.5. The van der Waals surface area contributed by atoms with E-state index in [2.05, 4.69) is 0 Å². The van der Waals surface area contributed by atoms with Crippen LogP contribution < -0.4 is 11.1 Å². The van der Waals surface area contributed by atoms with Crippen LogP contribution in [0.5, 0.6) is 0 Å². The summed E-state index contributed by atoms with van der Waals surface area (Å²) in [5, 5.41) is 2.01. The molecular formula is C18H13F7N2O2. The van der Waals surface area contributed by atoms with Crippen LogP contribution in [-0.2, 0) is 23.6 Å².